The fourth-order valence-electron chi connectivity index (χ4n) is 3.05. The Morgan fingerprint density at radius 3 is 2.59 bits per heavy atom. The van der Waals surface area contributed by atoms with Gasteiger partial charge in [-0.25, -0.2) is 18.1 Å². The lowest BCUT2D eigenvalue weighted by Crippen LogP contribution is -2.14. The van der Waals surface area contributed by atoms with Crippen LogP contribution < -0.4 is 4.72 Å². The second-order valence-corrected chi connectivity index (χ2v) is 8.04. The molecule has 0 aliphatic heterocycles. The van der Waals surface area contributed by atoms with Gasteiger partial charge in [0.05, 0.1) is 23.1 Å². The van der Waals surface area contributed by atoms with E-state index < -0.39 is 16.6 Å². The molecular formula is C20H16F2N4O2S. The number of fused-ring (bicyclic) bond motifs is 1. The third-order valence-corrected chi connectivity index (χ3v) is 5.97. The van der Waals surface area contributed by atoms with Crippen LogP contribution in [0.15, 0.2) is 71.8 Å². The Morgan fingerprint density at radius 1 is 1.03 bits per heavy atom. The largest absolute Gasteiger partial charge is 0.333 e. The van der Waals surface area contributed by atoms with E-state index in [1.807, 2.05) is 42.5 Å². The standard InChI is InChI=1S/C20H16F2N4O2S/c1-13-19(12-23-26(13)20(21)22)29(27,28)25-16-7-4-6-15(11-16)18-10-9-14-5-2-3-8-17(14)24-18/h2-12,20,25H,1H3. The molecule has 4 aromatic rings. The van der Waals surface area contributed by atoms with Gasteiger partial charge < -0.3 is 0 Å². The van der Waals surface area contributed by atoms with Crippen molar-refractivity contribution < 1.29 is 17.2 Å². The number of hydrogen-bond acceptors (Lipinski definition) is 4. The number of benzene rings is 2. The zero-order chi connectivity index (χ0) is 20.6. The predicted molar refractivity (Wildman–Crippen MR) is 106 cm³/mol. The van der Waals surface area contributed by atoms with Gasteiger partial charge in [0, 0.05) is 16.6 Å². The van der Waals surface area contributed by atoms with E-state index in [1.54, 1.807) is 18.2 Å². The predicted octanol–water partition coefficient (Wildman–Crippen LogP) is 4.60. The van der Waals surface area contributed by atoms with E-state index in [1.165, 1.54) is 6.92 Å². The molecule has 0 saturated heterocycles. The molecule has 0 aliphatic rings. The van der Waals surface area contributed by atoms with Crippen molar-refractivity contribution in [3.05, 3.63) is 72.6 Å². The Morgan fingerprint density at radius 2 is 1.83 bits per heavy atom. The highest BCUT2D eigenvalue weighted by molar-refractivity contribution is 7.92. The smallest absolute Gasteiger partial charge is 0.280 e. The van der Waals surface area contributed by atoms with Crippen LogP contribution in [-0.4, -0.2) is 23.2 Å². The van der Waals surface area contributed by atoms with E-state index in [4.69, 9.17) is 0 Å². The van der Waals surface area contributed by atoms with E-state index in [-0.39, 0.29) is 10.6 Å². The van der Waals surface area contributed by atoms with Gasteiger partial charge in [-0.1, -0.05) is 36.4 Å². The maximum absolute atomic E-state index is 12.9. The molecule has 9 heteroatoms. The highest BCUT2D eigenvalue weighted by Crippen LogP contribution is 2.26. The zero-order valence-electron chi connectivity index (χ0n) is 15.3. The summed E-state index contributed by atoms with van der Waals surface area (Å²) in [5.41, 5.74) is 2.38. The first kappa shape index (κ1) is 19.0. The molecule has 0 saturated carbocycles. The average molecular weight is 414 g/mol. The highest BCUT2D eigenvalue weighted by atomic mass is 32.2. The van der Waals surface area contributed by atoms with E-state index in [0.29, 0.717) is 16.1 Å². The molecular weight excluding hydrogens is 398 g/mol. The number of aromatic nitrogens is 3. The third-order valence-electron chi connectivity index (χ3n) is 4.48. The molecule has 0 aliphatic carbocycles. The molecule has 0 radical (unpaired) electrons. The number of alkyl halides is 2. The second-order valence-electron chi connectivity index (χ2n) is 6.39. The number of sulfonamides is 1. The monoisotopic (exact) mass is 414 g/mol. The molecule has 2 heterocycles. The van der Waals surface area contributed by atoms with Crippen molar-refractivity contribution in [2.45, 2.75) is 18.4 Å². The molecule has 6 nitrogen and oxygen atoms in total. The molecule has 148 valence electrons. The highest BCUT2D eigenvalue weighted by Gasteiger charge is 2.23. The Balaban J connectivity index is 1.66. The Kier molecular flexibility index (Phi) is 4.75. The average Bonchev–Trinajstić information content (AvgIpc) is 3.10. The van der Waals surface area contributed by atoms with Crippen LogP contribution in [0.2, 0.25) is 0 Å². The molecule has 2 aromatic carbocycles. The summed E-state index contributed by atoms with van der Waals surface area (Å²) in [7, 11) is -4.08. The van der Waals surface area contributed by atoms with Crippen LogP contribution in [0, 0.1) is 6.92 Å². The summed E-state index contributed by atoms with van der Waals surface area (Å²) in [5.74, 6) is 0. The summed E-state index contributed by atoms with van der Waals surface area (Å²) >= 11 is 0. The summed E-state index contributed by atoms with van der Waals surface area (Å²) in [6, 6.07) is 18.2. The summed E-state index contributed by atoms with van der Waals surface area (Å²) < 4.78 is 53.9. The van der Waals surface area contributed by atoms with Gasteiger partial charge in [-0.2, -0.15) is 13.9 Å². The normalized spacial score (nSPS) is 11.9. The maximum Gasteiger partial charge on any atom is 0.333 e. The SMILES string of the molecule is Cc1c(S(=O)(=O)Nc2cccc(-c3ccc4ccccc4n3)c2)cnn1C(F)F. The van der Waals surface area contributed by atoms with E-state index in [9.17, 15) is 17.2 Å². The van der Waals surface area contributed by atoms with Crippen molar-refractivity contribution >= 4 is 26.6 Å². The van der Waals surface area contributed by atoms with Crippen molar-refractivity contribution in [1.29, 1.82) is 0 Å². The van der Waals surface area contributed by atoms with Crippen LogP contribution in [0.1, 0.15) is 12.2 Å². The third kappa shape index (κ3) is 3.68. The van der Waals surface area contributed by atoms with Crippen molar-refractivity contribution in [2.75, 3.05) is 4.72 Å². The number of anilines is 1. The van der Waals surface area contributed by atoms with E-state index in [0.717, 1.165) is 22.7 Å². The summed E-state index contributed by atoms with van der Waals surface area (Å²) in [5, 5.41) is 4.45. The zero-order valence-corrected chi connectivity index (χ0v) is 16.1. The number of hydrogen-bond donors (Lipinski definition) is 1. The van der Waals surface area contributed by atoms with Crippen LogP contribution in [-0.2, 0) is 10.0 Å². The fraction of sp³-hybridized carbons (Fsp3) is 0.100. The number of para-hydroxylation sites is 1. The number of rotatable bonds is 5. The summed E-state index contributed by atoms with van der Waals surface area (Å²) in [6.07, 6.45) is 0.915. The quantitative estimate of drug-likeness (QED) is 0.518. The second kappa shape index (κ2) is 7.25. The van der Waals surface area contributed by atoms with E-state index in [2.05, 4.69) is 14.8 Å². The van der Waals surface area contributed by atoms with Crippen molar-refractivity contribution in [3.8, 4) is 11.3 Å². The summed E-state index contributed by atoms with van der Waals surface area (Å²) in [4.78, 5) is 4.31. The van der Waals surface area contributed by atoms with Gasteiger partial charge in [-0.05, 0) is 31.2 Å². The topological polar surface area (TPSA) is 76.9 Å². The van der Waals surface area contributed by atoms with Gasteiger partial charge in [0.2, 0.25) is 0 Å². The van der Waals surface area contributed by atoms with Gasteiger partial charge in [-0.15, -0.1) is 0 Å². The summed E-state index contributed by atoms with van der Waals surface area (Å²) in [6.45, 7) is -1.63. The molecule has 2 aromatic heterocycles. The number of nitrogens with zero attached hydrogens (tertiary/aromatic N) is 3. The molecule has 0 fully saturated rings. The first-order chi connectivity index (χ1) is 13.8. The minimum atomic E-state index is -4.08. The molecule has 0 unspecified atom stereocenters. The lowest BCUT2D eigenvalue weighted by Gasteiger charge is -2.10. The van der Waals surface area contributed by atoms with Crippen LogP contribution in [0.5, 0.6) is 0 Å². The molecule has 1 N–H and O–H groups in total. The van der Waals surface area contributed by atoms with Gasteiger partial charge in [0.15, 0.2) is 0 Å². The van der Waals surface area contributed by atoms with Crippen LogP contribution in [0.25, 0.3) is 22.2 Å². The minimum Gasteiger partial charge on any atom is -0.280 e. The van der Waals surface area contributed by atoms with Gasteiger partial charge >= 0.3 is 6.55 Å². The lowest BCUT2D eigenvalue weighted by molar-refractivity contribution is 0.0541. The van der Waals surface area contributed by atoms with Crippen LogP contribution >= 0.6 is 0 Å². The first-order valence-corrected chi connectivity index (χ1v) is 10.1. The Labute approximate surface area is 165 Å². The fourth-order valence-corrected chi connectivity index (χ4v) is 4.26. The molecule has 0 amide bonds. The Bertz CT molecular complexity index is 1300. The molecule has 0 spiro atoms. The maximum atomic E-state index is 12.9. The molecule has 0 bridgehead atoms. The van der Waals surface area contributed by atoms with Gasteiger partial charge in [0.1, 0.15) is 4.90 Å². The van der Waals surface area contributed by atoms with Gasteiger partial charge in [-0.3, -0.25) is 4.72 Å². The minimum absolute atomic E-state index is 0.139. The van der Waals surface area contributed by atoms with Crippen molar-refractivity contribution in [3.63, 3.8) is 0 Å². The number of nitrogens with one attached hydrogen (secondary N) is 1. The van der Waals surface area contributed by atoms with Crippen molar-refractivity contribution in [2.24, 2.45) is 0 Å². The van der Waals surface area contributed by atoms with E-state index >= 15 is 0 Å². The first-order valence-electron chi connectivity index (χ1n) is 8.66. The Hall–Kier alpha value is -3.33. The molecule has 29 heavy (non-hydrogen) atoms. The van der Waals surface area contributed by atoms with Crippen LogP contribution in [0.3, 0.4) is 0 Å². The lowest BCUT2D eigenvalue weighted by atomic mass is 10.1. The molecule has 0 atom stereocenters. The number of halogens is 2. The van der Waals surface area contributed by atoms with Gasteiger partial charge in [0.25, 0.3) is 10.0 Å². The number of pyridine rings is 1. The molecule has 4 rings (SSSR count). The van der Waals surface area contributed by atoms with Crippen molar-refractivity contribution in [1.82, 2.24) is 14.8 Å². The van der Waals surface area contributed by atoms with Crippen LogP contribution in [0.4, 0.5) is 14.5 Å².